The number of benzene rings is 2. The van der Waals surface area contributed by atoms with Gasteiger partial charge in [0.1, 0.15) is 5.75 Å². The van der Waals surface area contributed by atoms with Crippen molar-refractivity contribution < 1.29 is 13.9 Å². The largest absolute Gasteiger partial charge is 0.497 e. The first-order valence-electron chi connectivity index (χ1n) is 8.66. The number of ether oxygens (including phenoxy) is 1. The van der Waals surface area contributed by atoms with Gasteiger partial charge < -0.3 is 14.5 Å². The van der Waals surface area contributed by atoms with Crippen molar-refractivity contribution in [2.45, 2.75) is 26.2 Å². The van der Waals surface area contributed by atoms with Crippen molar-refractivity contribution in [2.24, 2.45) is 0 Å². The number of hydrogen-bond donors (Lipinski definition) is 1. The Balaban J connectivity index is 1.60. The standard InChI is InChI=1S/C21H22N2O3/c1-3-15-7-4-5-10-18(15)23-20(24)11-12-21-22-14-19(26-21)16-8-6-9-17(13-16)25-2/h4-10,13-14H,3,11-12H2,1-2H3,(H,23,24). The minimum atomic E-state index is -0.0490. The molecule has 0 spiro atoms. The zero-order chi connectivity index (χ0) is 18.4. The minimum Gasteiger partial charge on any atom is -0.497 e. The lowest BCUT2D eigenvalue weighted by molar-refractivity contribution is -0.116. The molecule has 3 rings (SSSR count). The summed E-state index contributed by atoms with van der Waals surface area (Å²) in [5, 5.41) is 2.96. The van der Waals surface area contributed by atoms with E-state index in [1.165, 1.54) is 0 Å². The van der Waals surface area contributed by atoms with E-state index in [0.717, 1.165) is 29.0 Å². The highest BCUT2D eigenvalue weighted by Gasteiger charge is 2.11. The minimum absolute atomic E-state index is 0.0490. The summed E-state index contributed by atoms with van der Waals surface area (Å²) in [4.78, 5) is 16.5. The average molecular weight is 350 g/mol. The Labute approximate surface area is 153 Å². The number of rotatable bonds is 7. The fourth-order valence-corrected chi connectivity index (χ4v) is 2.72. The number of nitrogens with zero attached hydrogens (tertiary/aromatic N) is 1. The summed E-state index contributed by atoms with van der Waals surface area (Å²) in [7, 11) is 1.63. The highest BCUT2D eigenvalue weighted by Crippen LogP contribution is 2.25. The SMILES string of the molecule is CCc1ccccc1NC(=O)CCc1ncc(-c2cccc(OC)c2)o1. The van der Waals surface area contributed by atoms with Crippen molar-refractivity contribution >= 4 is 11.6 Å². The smallest absolute Gasteiger partial charge is 0.224 e. The van der Waals surface area contributed by atoms with Gasteiger partial charge in [-0.25, -0.2) is 4.98 Å². The molecule has 1 heterocycles. The number of nitrogens with one attached hydrogen (secondary N) is 1. The highest BCUT2D eigenvalue weighted by atomic mass is 16.5. The molecule has 1 N–H and O–H groups in total. The maximum Gasteiger partial charge on any atom is 0.224 e. The zero-order valence-electron chi connectivity index (χ0n) is 15.0. The number of aromatic nitrogens is 1. The van der Waals surface area contributed by atoms with Crippen LogP contribution in [0.2, 0.25) is 0 Å². The lowest BCUT2D eigenvalue weighted by Crippen LogP contribution is -2.13. The van der Waals surface area contributed by atoms with Gasteiger partial charge in [-0.2, -0.15) is 0 Å². The predicted molar refractivity (Wildman–Crippen MR) is 101 cm³/mol. The van der Waals surface area contributed by atoms with Crippen LogP contribution in [0.15, 0.2) is 59.1 Å². The van der Waals surface area contributed by atoms with Crippen LogP contribution in [0.25, 0.3) is 11.3 Å². The van der Waals surface area contributed by atoms with Crippen molar-refractivity contribution in [2.75, 3.05) is 12.4 Å². The van der Waals surface area contributed by atoms with Crippen molar-refractivity contribution in [1.82, 2.24) is 4.98 Å². The monoisotopic (exact) mass is 350 g/mol. The number of hydrogen-bond acceptors (Lipinski definition) is 4. The van der Waals surface area contributed by atoms with Crippen LogP contribution in [-0.2, 0) is 17.6 Å². The normalized spacial score (nSPS) is 10.5. The Morgan fingerprint density at radius 2 is 2.04 bits per heavy atom. The fourth-order valence-electron chi connectivity index (χ4n) is 2.72. The number of carbonyl (C=O) groups excluding carboxylic acids is 1. The van der Waals surface area contributed by atoms with E-state index in [0.29, 0.717) is 24.5 Å². The maximum atomic E-state index is 12.2. The van der Waals surface area contributed by atoms with Crippen LogP contribution in [-0.4, -0.2) is 18.0 Å². The molecule has 0 saturated carbocycles. The third-order valence-corrected chi connectivity index (χ3v) is 4.15. The average Bonchev–Trinajstić information content (AvgIpc) is 3.16. The second kappa shape index (κ2) is 8.34. The van der Waals surface area contributed by atoms with Crippen LogP contribution >= 0.6 is 0 Å². The van der Waals surface area contributed by atoms with Gasteiger partial charge in [0.2, 0.25) is 5.91 Å². The second-order valence-corrected chi connectivity index (χ2v) is 5.91. The molecule has 134 valence electrons. The topological polar surface area (TPSA) is 64.4 Å². The molecular formula is C21H22N2O3. The Morgan fingerprint density at radius 3 is 2.85 bits per heavy atom. The predicted octanol–water partition coefficient (Wildman–Crippen LogP) is 4.48. The summed E-state index contributed by atoms with van der Waals surface area (Å²) in [6.45, 7) is 2.07. The van der Waals surface area contributed by atoms with Gasteiger partial charge in [0, 0.05) is 24.1 Å². The second-order valence-electron chi connectivity index (χ2n) is 5.91. The molecule has 1 aromatic heterocycles. The maximum absolute atomic E-state index is 12.2. The van der Waals surface area contributed by atoms with Gasteiger partial charge in [0.15, 0.2) is 11.7 Å². The number of anilines is 1. The van der Waals surface area contributed by atoms with Crippen LogP contribution < -0.4 is 10.1 Å². The van der Waals surface area contributed by atoms with Gasteiger partial charge >= 0.3 is 0 Å². The number of methoxy groups -OCH3 is 1. The summed E-state index contributed by atoms with van der Waals surface area (Å²) in [6.07, 6.45) is 3.31. The highest BCUT2D eigenvalue weighted by molar-refractivity contribution is 5.91. The van der Waals surface area contributed by atoms with Crippen molar-refractivity contribution in [3.8, 4) is 17.1 Å². The molecule has 1 amide bonds. The Kier molecular flexibility index (Phi) is 5.69. The van der Waals surface area contributed by atoms with Crippen LogP contribution in [0.1, 0.15) is 24.8 Å². The number of para-hydroxylation sites is 1. The summed E-state index contributed by atoms with van der Waals surface area (Å²) in [6, 6.07) is 15.4. The fraction of sp³-hybridized carbons (Fsp3) is 0.238. The Hall–Kier alpha value is -3.08. The lowest BCUT2D eigenvalue weighted by Gasteiger charge is -2.08. The molecule has 5 nitrogen and oxygen atoms in total. The molecule has 0 saturated heterocycles. The number of oxazole rings is 1. The van der Waals surface area contributed by atoms with E-state index in [4.69, 9.17) is 9.15 Å². The van der Waals surface area contributed by atoms with Crippen LogP contribution in [0.4, 0.5) is 5.69 Å². The number of carbonyl (C=O) groups is 1. The molecular weight excluding hydrogens is 328 g/mol. The quantitative estimate of drug-likeness (QED) is 0.682. The summed E-state index contributed by atoms with van der Waals surface area (Å²) in [5.41, 5.74) is 2.88. The van der Waals surface area contributed by atoms with E-state index >= 15 is 0 Å². The molecule has 26 heavy (non-hydrogen) atoms. The molecule has 2 aromatic carbocycles. The molecule has 5 heteroatoms. The molecule has 0 fully saturated rings. The van der Waals surface area contributed by atoms with E-state index in [1.807, 2.05) is 48.5 Å². The van der Waals surface area contributed by atoms with Gasteiger partial charge in [-0.15, -0.1) is 0 Å². The van der Waals surface area contributed by atoms with Gasteiger partial charge in [0.25, 0.3) is 0 Å². The zero-order valence-corrected chi connectivity index (χ0v) is 15.0. The lowest BCUT2D eigenvalue weighted by atomic mass is 10.1. The first kappa shape index (κ1) is 17.7. The van der Waals surface area contributed by atoms with E-state index in [9.17, 15) is 4.79 Å². The van der Waals surface area contributed by atoms with Gasteiger partial charge in [-0.1, -0.05) is 37.3 Å². The van der Waals surface area contributed by atoms with E-state index in [1.54, 1.807) is 13.3 Å². The first-order valence-corrected chi connectivity index (χ1v) is 8.66. The van der Waals surface area contributed by atoms with E-state index in [-0.39, 0.29) is 5.91 Å². The van der Waals surface area contributed by atoms with Crippen LogP contribution in [0, 0.1) is 0 Å². The summed E-state index contributed by atoms with van der Waals surface area (Å²) >= 11 is 0. The van der Waals surface area contributed by atoms with Gasteiger partial charge in [-0.05, 0) is 30.2 Å². The Bertz CT molecular complexity index is 886. The van der Waals surface area contributed by atoms with Gasteiger partial charge in [0.05, 0.1) is 13.3 Å². The number of aryl methyl sites for hydroxylation is 2. The van der Waals surface area contributed by atoms with Crippen LogP contribution in [0.5, 0.6) is 5.75 Å². The summed E-state index contributed by atoms with van der Waals surface area (Å²) in [5.74, 6) is 1.92. The summed E-state index contributed by atoms with van der Waals surface area (Å²) < 4.78 is 11.0. The van der Waals surface area contributed by atoms with E-state index < -0.39 is 0 Å². The van der Waals surface area contributed by atoms with Crippen LogP contribution in [0.3, 0.4) is 0 Å². The van der Waals surface area contributed by atoms with Crippen molar-refractivity contribution in [3.05, 3.63) is 66.2 Å². The third kappa shape index (κ3) is 4.30. The van der Waals surface area contributed by atoms with Crippen molar-refractivity contribution in [1.29, 1.82) is 0 Å². The third-order valence-electron chi connectivity index (χ3n) is 4.15. The van der Waals surface area contributed by atoms with Gasteiger partial charge in [-0.3, -0.25) is 4.79 Å². The molecule has 0 radical (unpaired) electrons. The Morgan fingerprint density at radius 1 is 1.19 bits per heavy atom. The molecule has 0 aliphatic heterocycles. The van der Waals surface area contributed by atoms with Crippen molar-refractivity contribution in [3.63, 3.8) is 0 Å². The molecule has 0 aliphatic carbocycles. The number of amides is 1. The molecule has 0 aliphatic rings. The molecule has 0 atom stereocenters. The first-order chi connectivity index (χ1) is 12.7. The molecule has 0 unspecified atom stereocenters. The van der Waals surface area contributed by atoms with E-state index in [2.05, 4.69) is 17.2 Å². The molecule has 3 aromatic rings. The molecule has 0 bridgehead atoms.